The number of ether oxygens (including phenoxy) is 2. The Hall–Kier alpha value is -1.50. The fourth-order valence-electron chi connectivity index (χ4n) is 4.33. The van der Waals surface area contributed by atoms with Gasteiger partial charge in [-0.1, -0.05) is 94.3 Å². The van der Waals surface area contributed by atoms with Gasteiger partial charge in [0.2, 0.25) is 0 Å². The highest BCUT2D eigenvalue weighted by molar-refractivity contribution is 6.50. The molecule has 33 heavy (non-hydrogen) atoms. The van der Waals surface area contributed by atoms with Crippen LogP contribution in [-0.4, -0.2) is 47.9 Å². The van der Waals surface area contributed by atoms with Crippen molar-refractivity contribution >= 4 is 9.28 Å². The van der Waals surface area contributed by atoms with Crippen molar-refractivity contribution < 1.29 is 18.3 Å². The van der Waals surface area contributed by atoms with Gasteiger partial charge in [-0.05, 0) is 36.8 Å². The Bertz CT molecular complexity index is 716. The lowest BCUT2D eigenvalue weighted by atomic mass is 9.84. The van der Waals surface area contributed by atoms with Crippen LogP contribution in [-0.2, 0) is 23.4 Å². The highest BCUT2D eigenvalue weighted by atomic mass is 28.3. The fourth-order valence-corrected chi connectivity index (χ4v) is 7.14. The summed E-state index contributed by atoms with van der Waals surface area (Å²) in [5.74, 6) is 0. The third-order valence-electron chi connectivity index (χ3n) is 6.44. The van der Waals surface area contributed by atoms with E-state index in [9.17, 15) is 0 Å². The van der Waals surface area contributed by atoms with Gasteiger partial charge in [0.1, 0.15) is 6.10 Å². The minimum Gasteiger partial charge on any atom is -0.396 e. The van der Waals surface area contributed by atoms with E-state index in [1.54, 1.807) is 0 Å². The Balaban J connectivity index is 2.04. The molecule has 1 aliphatic rings. The number of rotatable bonds is 17. The van der Waals surface area contributed by atoms with Gasteiger partial charge in [0.15, 0.2) is 0 Å². The molecule has 3 rings (SSSR count). The van der Waals surface area contributed by atoms with Crippen LogP contribution in [0.25, 0.3) is 0 Å². The molecule has 1 saturated heterocycles. The second-order valence-electron chi connectivity index (χ2n) is 9.01. The van der Waals surface area contributed by atoms with Crippen LogP contribution in [0.3, 0.4) is 0 Å². The normalized spacial score (nSPS) is 16.8. The van der Waals surface area contributed by atoms with Crippen molar-refractivity contribution in [3.05, 3.63) is 71.8 Å². The molecule has 1 heterocycles. The van der Waals surface area contributed by atoms with E-state index < -0.39 is 9.28 Å². The van der Waals surface area contributed by atoms with Gasteiger partial charge in [-0.25, -0.2) is 0 Å². The molecule has 2 aromatic rings. The summed E-state index contributed by atoms with van der Waals surface area (Å²) in [4.78, 5) is 0. The Labute approximate surface area is 202 Å². The molecule has 0 N–H and O–H groups in total. The molecule has 182 valence electrons. The van der Waals surface area contributed by atoms with E-state index in [0.717, 1.165) is 58.3 Å². The van der Waals surface area contributed by atoms with E-state index in [1.807, 2.05) is 0 Å². The van der Waals surface area contributed by atoms with Crippen LogP contribution in [0.2, 0.25) is 0 Å². The van der Waals surface area contributed by atoms with E-state index in [0.29, 0.717) is 6.61 Å². The zero-order valence-corrected chi connectivity index (χ0v) is 21.9. The number of hydrogen-bond donors (Lipinski definition) is 0. The molecule has 0 spiro atoms. The highest BCUT2D eigenvalue weighted by Gasteiger charge is 2.48. The van der Waals surface area contributed by atoms with Crippen molar-refractivity contribution in [3.8, 4) is 0 Å². The van der Waals surface area contributed by atoms with Crippen LogP contribution >= 0.6 is 0 Å². The largest absolute Gasteiger partial charge is 0.396 e. The van der Waals surface area contributed by atoms with Crippen molar-refractivity contribution in [2.24, 2.45) is 0 Å². The molecule has 1 aliphatic heterocycles. The molecule has 0 aliphatic carbocycles. The molecule has 0 amide bonds. The smallest absolute Gasteiger partial charge is 0.337 e. The average Bonchev–Trinajstić information content (AvgIpc) is 3.70. The topological polar surface area (TPSA) is 40.2 Å². The second kappa shape index (κ2) is 14.0. The molecule has 5 heteroatoms. The molecule has 0 aromatic heterocycles. The summed E-state index contributed by atoms with van der Waals surface area (Å²) in [7, 11) is -2.22. The number of epoxide rings is 1. The van der Waals surface area contributed by atoms with Gasteiger partial charge in [-0.3, -0.25) is 0 Å². The minimum absolute atomic E-state index is 0.106. The summed E-state index contributed by atoms with van der Waals surface area (Å²) in [5.41, 5.74) is 2.54. The van der Waals surface area contributed by atoms with Crippen LogP contribution < -0.4 is 0 Å². The van der Waals surface area contributed by atoms with Crippen LogP contribution in [0.1, 0.15) is 70.4 Å². The van der Waals surface area contributed by atoms with E-state index in [2.05, 4.69) is 81.4 Å². The molecule has 2 atom stereocenters. The van der Waals surface area contributed by atoms with Crippen LogP contribution in [0.15, 0.2) is 60.7 Å². The van der Waals surface area contributed by atoms with Crippen LogP contribution in [0.5, 0.6) is 0 Å². The summed E-state index contributed by atoms with van der Waals surface area (Å²) >= 11 is 0. The van der Waals surface area contributed by atoms with Crippen molar-refractivity contribution in [2.75, 3.05) is 26.4 Å². The third-order valence-corrected chi connectivity index (χ3v) is 9.22. The summed E-state index contributed by atoms with van der Waals surface area (Å²) < 4.78 is 25.3. The summed E-state index contributed by atoms with van der Waals surface area (Å²) in [5, 5.41) is -0.338. The minimum atomic E-state index is -2.22. The van der Waals surface area contributed by atoms with Crippen molar-refractivity contribution in [1.29, 1.82) is 0 Å². The van der Waals surface area contributed by atoms with E-state index >= 15 is 0 Å². The average molecular weight is 471 g/mol. The fraction of sp³-hybridized carbons (Fsp3) is 0.571. The number of hydrogen-bond acceptors (Lipinski definition) is 4. The maximum absolute atomic E-state index is 6.72. The van der Waals surface area contributed by atoms with Crippen LogP contribution in [0.4, 0.5) is 0 Å². The monoisotopic (exact) mass is 470 g/mol. The van der Waals surface area contributed by atoms with E-state index in [4.69, 9.17) is 18.3 Å². The maximum atomic E-state index is 6.72. The van der Waals surface area contributed by atoms with Gasteiger partial charge < -0.3 is 18.3 Å². The predicted octanol–water partition coefficient (Wildman–Crippen LogP) is 5.95. The Morgan fingerprint density at radius 1 is 0.879 bits per heavy atom. The van der Waals surface area contributed by atoms with Crippen LogP contribution in [0, 0.1) is 0 Å². The number of unbranched alkanes of at least 4 members (excludes halogenated alkanes) is 2. The van der Waals surface area contributed by atoms with Crippen molar-refractivity contribution in [1.82, 2.24) is 0 Å². The summed E-state index contributed by atoms with van der Waals surface area (Å²) in [6.07, 6.45) is 6.48. The highest BCUT2D eigenvalue weighted by Crippen LogP contribution is 2.41. The third kappa shape index (κ3) is 7.49. The summed E-state index contributed by atoms with van der Waals surface area (Å²) in [6.45, 7) is 9.60. The molecular formula is C28H42O4Si. The second-order valence-corrected chi connectivity index (χ2v) is 11.3. The zero-order valence-electron chi connectivity index (χ0n) is 20.7. The first-order valence-electron chi connectivity index (χ1n) is 12.8. The van der Waals surface area contributed by atoms with Crippen molar-refractivity contribution in [2.45, 2.75) is 76.5 Å². The zero-order chi connectivity index (χ0) is 23.4. The lowest BCUT2D eigenvalue weighted by Gasteiger charge is -2.42. The van der Waals surface area contributed by atoms with Crippen molar-refractivity contribution in [3.63, 3.8) is 0 Å². The predicted molar refractivity (Wildman–Crippen MR) is 137 cm³/mol. The standard InChI is InChI=1S/C28H42O4Si/c1-4-7-19-31-33(32-20-8-5-2)28(24-15-11-9-12-16-24,25-17-13-10-14-18-25)21-26(6-3)29-22-27-23-30-27/h9-18,26-27,33H,4-8,19-23H2,1-3H3. The lowest BCUT2D eigenvalue weighted by Crippen LogP contribution is -2.51. The van der Waals surface area contributed by atoms with E-state index in [-0.39, 0.29) is 17.2 Å². The van der Waals surface area contributed by atoms with Gasteiger partial charge in [-0.15, -0.1) is 0 Å². The summed E-state index contributed by atoms with van der Waals surface area (Å²) in [6, 6.07) is 21.7. The maximum Gasteiger partial charge on any atom is 0.337 e. The first-order valence-corrected chi connectivity index (χ1v) is 14.3. The molecule has 1 fully saturated rings. The van der Waals surface area contributed by atoms with Gasteiger partial charge in [0.25, 0.3) is 0 Å². The molecule has 0 saturated carbocycles. The SMILES string of the molecule is CCCCO[SiH](OCCCC)C(CC(CC)OCC1CO1)(c1ccccc1)c1ccccc1. The molecule has 0 radical (unpaired) electrons. The molecule has 0 bridgehead atoms. The van der Waals surface area contributed by atoms with Gasteiger partial charge in [0, 0.05) is 13.2 Å². The van der Waals surface area contributed by atoms with Gasteiger partial charge >= 0.3 is 9.28 Å². The quantitative estimate of drug-likeness (QED) is 0.163. The van der Waals surface area contributed by atoms with E-state index in [1.165, 1.54) is 11.1 Å². The first-order chi connectivity index (χ1) is 16.2. The lowest BCUT2D eigenvalue weighted by molar-refractivity contribution is 0.0250. The Kier molecular flexibility index (Phi) is 11.1. The molecule has 2 unspecified atom stereocenters. The van der Waals surface area contributed by atoms with Gasteiger partial charge in [0.05, 0.1) is 24.4 Å². The molecular weight excluding hydrogens is 428 g/mol. The Morgan fingerprint density at radius 2 is 1.39 bits per heavy atom. The molecule has 4 nitrogen and oxygen atoms in total. The Morgan fingerprint density at radius 3 is 1.82 bits per heavy atom. The molecule has 2 aromatic carbocycles. The first kappa shape index (κ1) is 26.1. The van der Waals surface area contributed by atoms with Gasteiger partial charge in [-0.2, -0.15) is 0 Å². The number of benzene rings is 2.